The SMILES string of the molecule is [2H]C([2H])([2H])c1ccc(-c2c(F)ccc3c2oc2c(-c4cccc[n+]4C)c(C)ccc23)cc1. The molecule has 2 heterocycles. The van der Waals surface area contributed by atoms with Gasteiger partial charge in [0.25, 0.3) is 0 Å². The standard InChI is InChI=1S/C26H21FNO/c1-16-7-10-18(11-8-16)24-21(27)14-13-20-19-12-9-17(2)23(25(19)29-26(20)24)22-6-4-5-15-28(22)3/h4-15H,1-3H3/q+1/i1D3. The third-order valence-corrected chi connectivity index (χ3v) is 5.45. The van der Waals surface area contributed by atoms with Crippen LogP contribution in [-0.2, 0) is 7.05 Å². The highest BCUT2D eigenvalue weighted by atomic mass is 19.1. The summed E-state index contributed by atoms with van der Waals surface area (Å²) < 4.78 is 46.2. The van der Waals surface area contributed by atoms with Crippen LogP contribution in [0.25, 0.3) is 44.3 Å². The summed E-state index contributed by atoms with van der Waals surface area (Å²) >= 11 is 0. The van der Waals surface area contributed by atoms with Crippen LogP contribution < -0.4 is 4.57 Å². The lowest BCUT2D eigenvalue weighted by Gasteiger charge is -2.05. The first-order chi connectivity index (χ1) is 15.3. The summed E-state index contributed by atoms with van der Waals surface area (Å²) in [5.74, 6) is -0.415. The fraction of sp³-hybridized carbons (Fsp3) is 0.115. The summed E-state index contributed by atoms with van der Waals surface area (Å²) in [6, 6.07) is 19.5. The van der Waals surface area contributed by atoms with Crippen LogP contribution in [0.4, 0.5) is 4.39 Å². The van der Waals surface area contributed by atoms with Crippen LogP contribution in [-0.4, -0.2) is 0 Å². The van der Waals surface area contributed by atoms with Gasteiger partial charge in [-0.1, -0.05) is 42.0 Å². The molecular formula is C26H21FNO+. The molecule has 5 aromatic rings. The highest BCUT2D eigenvalue weighted by molar-refractivity contribution is 6.13. The minimum atomic E-state index is -2.21. The van der Waals surface area contributed by atoms with Crippen molar-refractivity contribution in [3.05, 3.63) is 89.9 Å². The van der Waals surface area contributed by atoms with E-state index < -0.39 is 12.7 Å². The normalized spacial score (nSPS) is 13.4. The van der Waals surface area contributed by atoms with E-state index in [-0.39, 0.29) is 5.56 Å². The molecule has 0 aliphatic rings. The average molecular weight is 385 g/mol. The summed E-state index contributed by atoms with van der Waals surface area (Å²) in [5, 5.41) is 1.72. The number of furan rings is 1. The van der Waals surface area contributed by atoms with Gasteiger partial charge in [0.15, 0.2) is 6.20 Å². The van der Waals surface area contributed by atoms with E-state index in [2.05, 4.69) is 0 Å². The van der Waals surface area contributed by atoms with E-state index in [1.165, 1.54) is 18.2 Å². The van der Waals surface area contributed by atoms with Crippen molar-refractivity contribution >= 4 is 21.9 Å². The van der Waals surface area contributed by atoms with E-state index in [0.717, 1.165) is 27.6 Å². The molecule has 0 fully saturated rings. The highest BCUT2D eigenvalue weighted by Crippen LogP contribution is 2.41. The molecule has 0 saturated carbocycles. The second-order valence-corrected chi connectivity index (χ2v) is 7.31. The molecular weight excluding hydrogens is 361 g/mol. The number of pyridine rings is 1. The largest absolute Gasteiger partial charge is 0.454 e. The van der Waals surface area contributed by atoms with Crippen molar-refractivity contribution < 1.29 is 17.5 Å². The van der Waals surface area contributed by atoms with E-state index in [1.54, 1.807) is 18.2 Å². The number of fused-ring (bicyclic) bond motifs is 3. The molecule has 142 valence electrons. The van der Waals surface area contributed by atoms with Gasteiger partial charge in [0.2, 0.25) is 5.69 Å². The number of aromatic nitrogens is 1. The van der Waals surface area contributed by atoms with Gasteiger partial charge in [-0.15, -0.1) is 0 Å². The number of benzene rings is 3. The smallest absolute Gasteiger partial charge is 0.216 e. The number of hydrogen-bond donors (Lipinski definition) is 0. The molecule has 2 aromatic heterocycles. The van der Waals surface area contributed by atoms with Gasteiger partial charge < -0.3 is 4.42 Å². The van der Waals surface area contributed by atoms with Crippen LogP contribution in [0.3, 0.4) is 0 Å². The van der Waals surface area contributed by atoms with Gasteiger partial charge in [-0.3, -0.25) is 0 Å². The molecule has 3 heteroatoms. The fourth-order valence-electron chi connectivity index (χ4n) is 3.99. The molecule has 0 spiro atoms. The van der Waals surface area contributed by atoms with E-state index in [4.69, 9.17) is 8.53 Å². The topological polar surface area (TPSA) is 17.0 Å². The molecule has 0 amide bonds. The third-order valence-electron chi connectivity index (χ3n) is 5.45. The van der Waals surface area contributed by atoms with Crippen molar-refractivity contribution in [2.45, 2.75) is 13.8 Å². The van der Waals surface area contributed by atoms with Crippen LogP contribution in [0.5, 0.6) is 0 Å². The van der Waals surface area contributed by atoms with Crippen LogP contribution in [0.15, 0.2) is 77.3 Å². The van der Waals surface area contributed by atoms with Gasteiger partial charge in [0.1, 0.15) is 24.0 Å². The predicted octanol–water partition coefficient (Wildman–Crippen LogP) is 6.50. The zero-order chi connectivity index (χ0) is 22.6. The van der Waals surface area contributed by atoms with E-state index in [0.29, 0.717) is 22.3 Å². The summed E-state index contributed by atoms with van der Waals surface area (Å²) in [5.41, 5.74) is 5.29. The zero-order valence-electron chi connectivity index (χ0n) is 19.2. The Balaban J connectivity index is 1.81. The zero-order valence-corrected chi connectivity index (χ0v) is 16.2. The minimum Gasteiger partial charge on any atom is -0.454 e. The predicted molar refractivity (Wildman–Crippen MR) is 115 cm³/mol. The minimum absolute atomic E-state index is 0.216. The summed E-state index contributed by atoms with van der Waals surface area (Å²) in [6.45, 7) is -0.177. The quantitative estimate of drug-likeness (QED) is 0.317. The Morgan fingerprint density at radius 3 is 2.31 bits per heavy atom. The van der Waals surface area contributed by atoms with Gasteiger partial charge in [-0.2, -0.15) is 0 Å². The summed E-state index contributed by atoms with van der Waals surface area (Å²) in [4.78, 5) is 0. The monoisotopic (exact) mass is 385 g/mol. The highest BCUT2D eigenvalue weighted by Gasteiger charge is 2.22. The van der Waals surface area contributed by atoms with Crippen molar-refractivity contribution in [1.29, 1.82) is 0 Å². The molecule has 3 aromatic carbocycles. The summed E-state index contributed by atoms with van der Waals surface area (Å²) in [6.07, 6.45) is 1.98. The molecule has 29 heavy (non-hydrogen) atoms. The summed E-state index contributed by atoms with van der Waals surface area (Å²) in [7, 11) is 1.98. The molecule has 0 atom stereocenters. The van der Waals surface area contributed by atoms with Crippen LogP contribution in [0.1, 0.15) is 15.2 Å². The van der Waals surface area contributed by atoms with Crippen molar-refractivity contribution in [2.24, 2.45) is 7.05 Å². The lowest BCUT2D eigenvalue weighted by molar-refractivity contribution is -0.660. The first-order valence-electron chi connectivity index (χ1n) is 11.0. The Kier molecular flexibility index (Phi) is 3.28. The second-order valence-electron chi connectivity index (χ2n) is 7.31. The maximum absolute atomic E-state index is 15.1. The molecule has 0 bridgehead atoms. The molecule has 5 rings (SSSR count). The Morgan fingerprint density at radius 1 is 0.862 bits per heavy atom. The molecule has 0 saturated heterocycles. The molecule has 0 aliphatic heterocycles. The van der Waals surface area contributed by atoms with Crippen molar-refractivity contribution in [1.82, 2.24) is 0 Å². The Labute approximate surface area is 173 Å². The van der Waals surface area contributed by atoms with Crippen LogP contribution in [0.2, 0.25) is 0 Å². The first kappa shape index (κ1) is 14.5. The van der Waals surface area contributed by atoms with Crippen molar-refractivity contribution in [2.75, 3.05) is 0 Å². The van der Waals surface area contributed by atoms with Gasteiger partial charge in [0, 0.05) is 27.0 Å². The maximum Gasteiger partial charge on any atom is 0.216 e. The number of nitrogens with zero attached hydrogens (tertiary/aromatic N) is 1. The maximum atomic E-state index is 15.1. The number of aryl methyl sites for hydroxylation is 3. The van der Waals surface area contributed by atoms with Crippen molar-refractivity contribution in [3.8, 4) is 22.4 Å². The Hall–Kier alpha value is -3.46. The van der Waals surface area contributed by atoms with Gasteiger partial charge in [0.05, 0.1) is 11.1 Å². The second kappa shape index (κ2) is 6.56. The third kappa shape index (κ3) is 2.73. The lowest BCUT2D eigenvalue weighted by Crippen LogP contribution is -2.30. The van der Waals surface area contributed by atoms with Gasteiger partial charge in [-0.25, -0.2) is 8.96 Å². The van der Waals surface area contributed by atoms with Crippen LogP contribution >= 0.6 is 0 Å². The molecule has 0 unspecified atom stereocenters. The molecule has 2 nitrogen and oxygen atoms in total. The molecule has 0 N–H and O–H groups in total. The lowest BCUT2D eigenvalue weighted by atomic mass is 9.98. The number of rotatable bonds is 2. The molecule has 0 radical (unpaired) electrons. The van der Waals surface area contributed by atoms with Gasteiger partial charge >= 0.3 is 0 Å². The Morgan fingerprint density at radius 2 is 1.59 bits per heavy atom. The van der Waals surface area contributed by atoms with E-state index >= 15 is 4.39 Å². The van der Waals surface area contributed by atoms with E-state index in [9.17, 15) is 0 Å². The molecule has 0 aliphatic carbocycles. The number of hydrogen-bond acceptors (Lipinski definition) is 1. The van der Waals surface area contributed by atoms with Crippen LogP contribution in [0, 0.1) is 19.6 Å². The fourth-order valence-corrected chi connectivity index (χ4v) is 3.99. The number of halogens is 1. The first-order valence-corrected chi connectivity index (χ1v) is 9.46. The van der Waals surface area contributed by atoms with Crippen molar-refractivity contribution in [3.63, 3.8) is 0 Å². The Bertz CT molecular complexity index is 1480. The average Bonchev–Trinajstić information content (AvgIpc) is 3.12. The van der Waals surface area contributed by atoms with Gasteiger partial charge in [-0.05, 0) is 43.1 Å². The van der Waals surface area contributed by atoms with E-state index in [1.807, 2.05) is 55.1 Å².